The van der Waals surface area contributed by atoms with Crippen molar-refractivity contribution < 1.29 is 9.53 Å². The highest BCUT2D eigenvalue weighted by Crippen LogP contribution is 2.10. The van der Waals surface area contributed by atoms with E-state index < -0.39 is 5.91 Å². The predicted octanol–water partition coefficient (Wildman–Crippen LogP) is 1.01. The molecule has 1 aromatic carbocycles. The first kappa shape index (κ1) is 12.0. The number of nitrogens with one attached hydrogen (secondary N) is 2. The number of rotatable bonds is 3. The Morgan fingerprint density at radius 1 is 1.25 bits per heavy atom. The number of amides is 1. The molecule has 0 saturated carbocycles. The van der Waals surface area contributed by atoms with Crippen LogP contribution in [0.4, 0.5) is 5.95 Å². The van der Waals surface area contributed by atoms with Crippen molar-refractivity contribution in [2.75, 3.05) is 12.4 Å². The smallest absolute Gasteiger partial charge is 0.336 e. The normalized spacial score (nSPS) is 10.4. The first-order valence-corrected chi connectivity index (χ1v) is 5.76. The van der Waals surface area contributed by atoms with Crippen LogP contribution in [0.5, 0.6) is 6.01 Å². The summed E-state index contributed by atoms with van der Waals surface area (Å²) in [4.78, 5) is 24.3. The van der Waals surface area contributed by atoms with Gasteiger partial charge >= 0.3 is 6.01 Å². The van der Waals surface area contributed by atoms with E-state index in [0.717, 1.165) is 5.52 Å². The van der Waals surface area contributed by atoms with Crippen LogP contribution in [-0.4, -0.2) is 38.2 Å². The molecule has 8 nitrogen and oxygen atoms in total. The number of hydrogen-bond donors (Lipinski definition) is 2. The van der Waals surface area contributed by atoms with E-state index in [1.54, 1.807) is 6.07 Å². The summed E-state index contributed by atoms with van der Waals surface area (Å²) in [5.41, 5.74) is 1.57. The van der Waals surface area contributed by atoms with Crippen molar-refractivity contribution in [1.82, 2.24) is 25.1 Å². The quantitative estimate of drug-likeness (QED) is 0.735. The highest BCUT2D eigenvalue weighted by molar-refractivity contribution is 6.02. The standard InChI is InChI=1S/C12H10N6O2/c1-20-12-16-11(17-18-12)15-10(19)9-6-13-7-4-2-3-5-8(7)14-9/h2-6H,1H3,(H2,15,16,17,18,19). The zero-order valence-corrected chi connectivity index (χ0v) is 10.5. The molecule has 0 atom stereocenters. The largest absolute Gasteiger partial charge is 0.466 e. The summed E-state index contributed by atoms with van der Waals surface area (Å²) in [5, 5.41) is 8.78. The number of H-pyrrole nitrogens is 1. The monoisotopic (exact) mass is 270 g/mol. The number of fused-ring (bicyclic) bond motifs is 1. The summed E-state index contributed by atoms with van der Waals surface area (Å²) >= 11 is 0. The number of anilines is 1. The number of para-hydroxylation sites is 2. The van der Waals surface area contributed by atoms with Gasteiger partial charge < -0.3 is 4.74 Å². The van der Waals surface area contributed by atoms with Crippen LogP contribution in [0.1, 0.15) is 10.5 Å². The molecule has 0 unspecified atom stereocenters. The van der Waals surface area contributed by atoms with E-state index in [-0.39, 0.29) is 17.7 Å². The molecule has 0 aliphatic heterocycles. The highest BCUT2D eigenvalue weighted by atomic mass is 16.5. The molecule has 1 amide bonds. The summed E-state index contributed by atoms with van der Waals surface area (Å²) in [5.74, 6) is -0.246. The van der Waals surface area contributed by atoms with Crippen LogP contribution < -0.4 is 10.1 Å². The van der Waals surface area contributed by atoms with Gasteiger partial charge in [0.25, 0.3) is 5.91 Å². The molecule has 3 aromatic rings. The molecule has 0 aliphatic carbocycles. The molecule has 2 aromatic heterocycles. The van der Waals surface area contributed by atoms with E-state index in [1.807, 2.05) is 18.2 Å². The highest BCUT2D eigenvalue weighted by Gasteiger charge is 2.12. The Balaban J connectivity index is 1.84. The SMILES string of the molecule is COc1n[nH]c(NC(=O)c2cnc3ccccc3n2)n1. The topological polar surface area (TPSA) is 106 Å². The number of aromatic amines is 1. The second kappa shape index (κ2) is 4.92. The van der Waals surface area contributed by atoms with Gasteiger partial charge in [-0.15, -0.1) is 5.10 Å². The molecular formula is C12H10N6O2. The third kappa shape index (κ3) is 2.26. The summed E-state index contributed by atoms with van der Waals surface area (Å²) in [6.07, 6.45) is 1.41. The molecule has 100 valence electrons. The van der Waals surface area contributed by atoms with Crippen LogP contribution in [0.15, 0.2) is 30.5 Å². The number of nitrogens with zero attached hydrogens (tertiary/aromatic N) is 4. The molecular weight excluding hydrogens is 260 g/mol. The number of carbonyl (C=O) groups is 1. The Kier molecular flexibility index (Phi) is 2.96. The third-order valence-electron chi connectivity index (χ3n) is 2.56. The number of aromatic nitrogens is 5. The fourth-order valence-corrected chi connectivity index (χ4v) is 1.63. The van der Waals surface area contributed by atoms with Crippen LogP contribution >= 0.6 is 0 Å². The van der Waals surface area contributed by atoms with Crippen molar-refractivity contribution in [2.24, 2.45) is 0 Å². The molecule has 0 aliphatic rings. The van der Waals surface area contributed by atoms with Crippen molar-refractivity contribution in [3.8, 4) is 6.01 Å². The van der Waals surface area contributed by atoms with Gasteiger partial charge in [0, 0.05) is 0 Å². The molecule has 0 bridgehead atoms. The van der Waals surface area contributed by atoms with Crippen molar-refractivity contribution in [1.29, 1.82) is 0 Å². The summed E-state index contributed by atoms with van der Waals surface area (Å²) in [6, 6.07) is 7.45. The lowest BCUT2D eigenvalue weighted by Crippen LogP contribution is -2.15. The maximum atomic E-state index is 12.0. The van der Waals surface area contributed by atoms with Gasteiger partial charge in [0.05, 0.1) is 24.3 Å². The van der Waals surface area contributed by atoms with E-state index in [2.05, 4.69) is 30.5 Å². The molecule has 8 heteroatoms. The van der Waals surface area contributed by atoms with Gasteiger partial charge in [-0.1, -0.05) is 12.1 Å². The minimum absolute atomic E-state index is 0.143. The van der Waals surface area contributed by atoms with Gasteiger partial charge in [0.15, 0.2) is 0 Å². The minimum atomic E-state index is -0.429. The number of methoxy groups -OCH3 is 1. The van der Waals surface area contributed by atoms with E-state index in [0.29, 0.717) is 5.52 Å². The average Bonchev–Trinajstić information content (AvgIpc) is 2.94. The van der Waals surface area contributed by atoms with Gasteiger partial charge in [0.2, 0.25) is 5.95 Å². The van der Waals surface area contributed by atoms with Gasteiger partial charge in [-0.3, -0.25) is 15.1 Å². The fraction of sp³-hybridized carbons (Fsp3) is 0.0833. The van der Waals surface area contributed by atoms with E-state index in [1.165, 1.54) is 13.3 Å². The Bertz CT molecular complexity index is 769. The van der Waals surface area contributed by atoms with Crippen LogP contribution in [0.2, 0.25) is 0 Å². The molecule has 2 heterocycles. The first-order valence-electron chi connectivity index (χ1n) is 5.76. The van der Waals surface area contributed by atoms with Crippen molar-refractivity contribution in [3.05, 3.63) is 36.2 Å². The Morgan fingerprint density at radius 2 is 2.05 bits per heavy atom. The molecule has 0 fully saturated rings. The molecule has 0 saturated heterocycles. The number of benzene rings is 1. The number of carbonyl (C=O) groups excluding carboxylic acids is 1. The minimum Gasteiger partial charge on any atom is -0.466 e. The summed E-state index contributed by atoms with van der Waals surface area (Å²) in [7, 11) is 1.43. The molecule has 0 spiro atoms. The third-order valence-corrected chi connectivity index (χ3v) is 2.56. The van der Waals surface area contributed by atoms with Crippen molar-refractivity contribution in [2.45, 2.75) is 0 Å². The van der Waals surface area contributed by atoms with Crippen molar-refractivity contribution >= 4 is 22.9 Å². The zero-order chi connectivity index (χ0) is 13.9. The van der Waals surface area contributed by atoms with Crippen LogP contribution in [0.3, 0.4) is 0 Å². The molecule has 20 heavy (non-hydrogen) atoms. The Hall–Kier alpha value is -3.03. The van der Waals surface area contributed by atoms with Crippen LogP contribution in [0.25, 0.3) is 11.0 Å². The maximum Gasteiger partial charge on any atom is 0.336 e. The van der Waals surface area contributed by atoms with Gasteiger partial charge in [0.1, 0.15) is 5.69 Å². The number of ether oxygens (including phenoxy) is 1. The fourth-order valence-electron chi connectivity index (χ4n) is 1.63. The summed E-state index contributed by atoms with van der Waals surface area (Å²) in [6.45, 7) is 0. The van der Waals surface area contributed by atoms with E-state index >= 15 is 0 Å². The van der Waals surface area contributed by atoms with Crippen molar-refractivity contribution in [3.63, 3.8) is 0 Å². The van der Waals surface area contributed by atoms with E-state index in [9.17, 15) is 4.79 Å². The van der Waals surface area contributed by atoms with Crippen LogP contribution in [0, 0.1) is 0 Å². The Morgan fingerprint density at radius 3 is 2.80 bits per heavy atom. The lowest BCUT2D eigenvalue weighted by atomic mass is 10.3. The second-order valence-electron chi connectivity index (χ2n) is 3.87. The lowest BCUT2D eigenvalue weighted by Gasteiger charge is -2.01. The van der Waals surface area contributed by atoms with Gasteiger partial charge in [-0.25, -0.2) is 10.1 Å². The first-order chi connectivity index (χ1) is 9.76. The number of hydrogen-bond acceptors (Lipinski definition) is 6. The average molecular weight is 270 g/mol. The maximum absolute atomic E-state index is 12.0. The predicted molar refractivity (Wildman–Crippen MR) is 70.4 cm³/mol. The molecule has 0 radical (unpaired) electrons. The Labute approximate surface area is 113 Å². The van der Waals surface area contributed by atoms with Gasteiger partial charge in [-0.05, 0) is 12.1 Å². The molecule has 3 rings (SSSR count). The zero-order valence-electron chi connectivity index (χ0n) is 10.5. The summed E-state index contributed by atoms with van der Waals surface area (Å²) < 4.78 is 4.81. The lowest BCUT2D eigenvalue weighted by molar-refractivity contribution is 0.102. The van der Waals surface area contributed by atoms with Gasteiger partial charge in [-0.2, -0.15) is 4.98 Å². The molecule has 2 N–H and O–H groups in total. The van der Waals surface area contributed by atoms with E-state index in [4.69, 9.17) is 4.74 Å². The van der Waals surface area contributed by atoms with Crippen LogP contribution in [-0.2, 0) is 0 Å². The second-order valence-corrected chi connectivity index (χ2v) is 3.87.